The third kappa shape index (κ3) is 7.90. The van der Waals surface area contributed by atoms with Gasteiger partial charge in [-0.25, -0.2) is 0 Å². The summed E-state index contributed by atoms with van der Waals surface area (Å²) in [5.41, 5.74) is 11.3. The van der Waals surface area contributed by atoms with Crippen molar-refractivity contribution in [3.05, 3.63) is 165 Å². The van der Waals surface area contributed by atoms with E-state index in [4.69, 9.17) is 32.7 Å². The summed E-state index contributed by atoms with van der Waals surface area (Å²) < 4.78 is 12.4. The molecule has 1 fully saturated rings. The van der Waals surface area contributed by atoms with Crippen molar-refractivity contribution in [3.63, 3.8) is 0 Å². The van der Waals surface area contributed by atoms with Gasteiger partial charge in [-0.15, -0.1) is 0 Å². The highest BCUT2D eigenvalue weighted by molar-refractivity contribution is 6.31. The number of halogens is 2. The number of para-hydroxylation sites is 2. The number of methoxy groups -OCH3 is 2. The van der Waals surface area contributed by atoms with Crippen LogP contribution in [0.25, 0.3) is 0 Å². The molecular formula is C49H50Cl2N3O4+. The second-order valence-electron chi connectivity index (χ2n) is 15.9. The van der Waals surface area contributed by atoms with Gasteiger partial charge < -0.3 is 19.3 Å². The summed E-state index contributed by atoms with van der Waals surface area (Å²) in [5, 5.41) is 1.35. The first-order valence-corrected chi connectivity index (χ1v) is 20.5. The lowest BCUT2D eigenvalue weighted by Crippen LogP contribution is -2.28. The topological polar surface area (TPSA) is 62.1 Å². The molecule has 9 heteroatoms. The maximum absolute atomic E-state index is 12.4. The van der Waals surface area contributed by atoms with Crippen LogP contribution in [0.2, 0.25) is 10.0 Å². The smallest absolute Gasteiger partial charge is 0.307 e. The second-order valence-corrected chi connectivity index (χ2v) is 16.7. The summed E-state index contributed by atoms with van der Waals surface area (Å²) in [5.74, 6) is -0.509. The molecule has 7 rings (SSSR count). The molecule has 0 spiro atoms. The van der Waals surface area contributed by atoms with Crippen LogP contribution in [0.5, 0.6) is 0 Å². The average molecular weight is 816 g/mol. The van der Waals surface area contributed by atoms with Gasteiger partial charge in [0.2, 0.25) is 17.1 Å². The summed E-state index contributed by atoms with van der Waals surface area (Å²) >= 11 is 13.1. The number of rotatable bonds is 10. The molecule has 2 heterocycles. The molecule has 7 nitrogen and oxygen atoms in total. The number of anilines is 2. The van der Waals surface area contributed by atoms with Gasteiger partial charge in [0, 0.05) is 92.1 Å². The first kappa shape index (κ1) is 40.8. The van der Waals surface area contributed by atoms with E-state index in [-0.39, 0.29) is 35.6 Å². The fourth-order valence-electron chi connectivity index (χ4n) is 8.63. The third-order valence-corrected chi connectivity index (χ3v) is 12.1. The Balaban J connectivity index is 1.41. The van der Waals surface area contributed by atoms with Gasteiger partial charge in [-0.1, -0.05) is 99.4 Å². The Bertz CT molecular complexity index is 2230. The van der Waals surface area contributed by atoms with E-state index in [9.17, 15) is 9.59 Å². The van der Waals surface area contributed by atoms with Crippen LogP contribution in [0, 0.1) is 0 Å². The molecule has 2 aliphatic heterocycles. The van der Waals surface area contributed by atoms with E-state index in [2.05, 4.69) is 115 Å². The lowest BCUT2D eigenvalue weighted by molar-refractivity contribution is -0.141. The average Bonchev–Trinajstić information content (AvgIpc) is 3.78. The van der Waals surface area contributed by atoms with E-state index in [1.807, 2.05) is 48.5 Å². The quantitative estimate of drug-likeness (QED) is 0.117. The number of esters is 2. The summed E-state index contributed by atoms with van der Waals surface area (Å²) in [6.45, 7) is 9.80. The fraction of sp³-hybridized carbons (Fsp3) is 0.286. The Morgan fingerprint density at radius 1 is 0.621 bits per heavy atom. The molecule has 58 heavy (non-hydrogen) atoms. The summed E-state index contributed by atoms with van der Waals surface area (Å²) in [7, 11) is 2.85. The number of carbonyl (C=O) groups is 2. The molecule has 0 N–H and O–H groups in total. The highest BCUT2D eigenvalue weighted by Crippen LogP contribution is 2.50. The van der Waals surface area contributed by atoms with Crippen LogP contribution in [0.4, 0.5) is 22.7 Å². The summed E-state index contributed by atoms with van der Waals surface area (Å²) in [6, 6.07) is 32.9. The lowest BCUT2D eigenvalue weighted by Gasteiger charge is -2.27. The lowest BCUT2D eigenvalue weighted by atomic mass is 9.83. The van der Waals surface area contributed by atoms with E-state index < -0.39 is 0 Å². The summed E-state index contributed by atoms with van der Waals surface area (Å²) in [6.07, 6.45) is 11.1. The maximum atomic E-state index is 12.4. The van der Waals surface area contributed by atoms with Gasteiger partial charge in [0.25, 0.3) is 0 Å². The zero-order valence-corrected chi connectivity index (χ0v) is 35.5. The van der Waals surface area contributed by atoms with E-state index >= 15 is 0 Å². The van der Waals surface area contributed by atoms with Crippen molar-refractivity contribution >= 4 is 63.6 Å². The SMILES string of the molecule is COC(=O)CCN1C(=CC=C2CC/C(=C\C=C3\N(CCC(=O)OC)c4ccc(Cl)cc4C3(C)C)C2=[N+](c2ccccc2)c2ccccc2)C(C)(C)c2cc(Cl)ccc21. The number of carbonyl (C=O) groups excluding carboxylic acids is 2. The van der Waals surface area contributed by atoms with Gasteiger partial charge in [0.05, 0.1) is 27.1 Å². The zero-order valence-electron chi connectivity index (χ0n) is 34.0. The molecule has 1 aliphatic carbocycles. The predicted octanol–water partition coefficient (Wildman–Crippen LogP) is 11.4. The molecule has 0 amide bonds. The molecule has 4 aromatic carbocycles. The molecule has 0 aromatic heterocycles. The molecule has 0 atom stereocenters. The zero-order chi connectivity index (χ0) is 41.2. The van der Waals surface area contributed by atoms with Crippen molar-refractivity contribution in [1.82, 2.24) is 4.58 Å². The van der Waals surface area contributed by atoms with Gasteiger partial charge in [-0.2, -0.15) is 4.58 Å². The molecule has 298 valence electrons. The van der Waals surface area contributed by atoms with Crippen LogP contribution in [-0.4, -0.2) is 45.0 Å². The molecule has 0 radical (unpaired) electrons. The predicted molar refractivity (Wildman–Crippen MR) is 238 cm³/mol. The number of allylic oxidation sites excluding steroid dienone is 8. The van der Waals surface area contributed by atoms with Crippen molar-refractivity contribution < 1.29 is 19.1 Å². The number of hydrogen-bond donors (Lipinski definition) is 0. The van der Waals surface area contributed by atoms with Gasteiger partial charge in [0.1, 0.15) is 0 Å². The summed E-state index contributed by atoms with van der Waals surface area (Å²) in [4.78, 5) is 29.3. The second kappa shape index (κ2) is 16.8. The molecule has 3 aliphatic rings. The van der Waals surface area contributed by atoms with E-state index in [1.165, 1.54) is 25.4 Å². The number of hydrogen-bond acceptors (Lipinski definition) is 6. The first-order valence-electron chi connectivity index (χ1n) is 19.7. The third-order valence-electron chi connectivity index (χ3n) is 11.7. The highest BCUT2D eigenvalue weighted by atomic mass is 35.5. The first-order chi connectivity index (χ1) is 27.8. The minimum Gasteiger partial charge on any atom is -0.469 e. The van der Waals surface area contributed by atoms with Crippen LogP contribution in [-0.2, 0) is 29.9 Å². The van der Waals surface area contributed by atoms with Crippen molar-refractivity contribution in [1.29, 1.82) is 0 Å². The van der Waals surface area contributed by atoms with Crippen LogP contribution >= 0.6 is 23.2 Å². The Hall–Kier alpha value is -5.37. The number of fused-ring (bicyclic) bond motifs is 2. The van der Waals surface area contributed by atoms with Crippen LogP contribution < -0.4 is 14.4 Å². The number of nitrogens with zero attached hydrogens (tertiary/aromatic N) is 3. The molecule has 0 unspecified atom stereocenters. The normalized spacial score (nSPS) is 19.3. The largest absolute Gasteiger partial charge is 0.469 e. The van der Waals surface area contributed by atoms with E-state index in [1.54, 1.807) is 0 Å². The van der Waals surface area contributed by atoms with Crippen molar-refractivity contribution in [2.75, 3.05) is 37.1 Å². The Morgan fingerprint density at radius 3 is 1.40 bits per heavy atom. The van der Waals surface area contributed by atoms with Crippen LogP contribution in [0.15, 0.2) is 144 Å². The molecule has 0 saturated heterocycles. The van der Waals surface area contributed by atoms with Gasteiger partial charge in [-0.3, -0.25) is 9.59 Å². The Kier molecular flexibility index (Phi) is 11.9. The van der Waals surface area contributed by atoms with Crippen molar-refractivity contribution in [2.45, 2.75) is 64.2 Å². The van der Waals surface area contributed by atoms with Crippen molar-refractivity contribution in [2.24, 2.45) is 0 Å². The van der Waals surface area contributed by atoms with Gasteiger partial charge in [0.15, 0.2) is 0 Å². The van der Waals surface area contributed by atoms with Crippen LogP contribution in [0.1, 0.15) is 64.5 Å². The van der Waals surface area contributed by atoms with Gasteiger partial charge in [-0.05, 0) is 72.5 Å². The standard InChI is InChI=1S/C49H50Cl2N3O4/c1-48(2)39-31-35(50)21-23-41(39)52(29-27-45(55)57-5)43(48)25-19-33-17-18-34(47(33)54(37-13-9-7-10-14-37)38-15-11-8-12-16-38)20-26-44-49(3,4)40-32-36(51)22-24-42(40)53(44)30-28-46(56)58-6/h7-16,19-26,31-32H,17-18,27-30H2,1-6H3/q+1. The number of benzene rings is 4. The van der Waals surface area contributed by atoms with Crippen LogP contribution in [0.3, 0.4) is 0 Å². The van der Waals surface area contributed by atoms with E-state index in [0.29, 0.717) is 23.1 Å². The van der Waals surface area contributed by atoms with Gasteiger partial charge >= 0.3 is 11.9 Å². The Morgan fingerprint density at radius 2 is 1.02 bits per heavy atom. The molecule has 1 saturated carbocycles. The highest BCUT2D eigenvalue weighted by Gasteiger charge is 2.42. The maximum Gasteiger partial charge on any atom is 0.307 e. The minimum absolute atomic E-state index is 0.250. The monoisotopic (exact) mass is 814 g/mol. The van der Waals surface area contributed by atoms with E-state index in [0.717, 1.165) is 63.8 Å². The molecular weight excluding hydrogens is 765 g/mol. The van der Waals surface area contributed by atoms with Crippen molar-refractivity contribution in [3.8, 4) is 0 Å². The Labute approximate surface area is 352 Å². The number of ether oxygens (including phenoxy) is 2. The molecule has 4 aromatic rings. The molecule has 0 bridgehead atoms. The fourth-order valence-corrected chi connectivity index (χ4v) is 8.98. The minimum atomic E-state index is -0.382.